The minimum Gasteiger partial charge on any atom is -0.311 e. The molecule has 0 fully saturated rings. The van der Waals surface area contributed by atoms with Gasteiger partial charge < -0.3 is 5.32 Å². The Morgan fingerprint density at radius 2 is 1.64 bits per heavy atom. The number of carbonyl (C=O) groups is 1. The molecule has 0 atom stereocenters. The second-order valence-electron chi connectivity index (χ2n) is 5.16. The lowest BCUT2D eigenvalue weighted by Crippen LogP contribution is -2.11. The molecule has 1 amide bonds. The van der Waals surface area contributed by atoms with Crippen molar-refractivity contribution in [3.8, 4) is 22.4 Å². The van der Waals surface area contributed by atoms with Crippen molar-refractivity contribution in [3.05, 3.63) is 53.6 Å². The number of nitrogens with zero attached hydrogens (tertiary/aromatic N) is 1. The number of hydrogen-bond donors (Lipinski definition) is 3. The highest BCUT2D eigenvalue weighted by Gasteiger charge is 2.17. The van der Waals surface area contributed by atoms with E-state index in [1.807, 2.05) is 12.1 Å². The highest BCUT2D eigenvalue weighted by Crippen LogP contribution is 2.36. The standard InChI is InChI=1S/C16H13ClN4O3S/c17-12-5-1-11(2-6-12)15-14(16(19-9-22)21-20-15)10-3-7-13(8-4-10)25(18,23)24/h1-9H,(H2,18,23,24)(H2,19,20,21,22). The summed E-state index contributed by atoms with van der Waals surface area (Å²) >= 11 is 5.92. The number of amides is 1. The zero-order valence-electron chi connectivity index (χ0n) is 12.7. The second-order valence-corrected chi connectivity index (χ2v) is 7.16. The van der Waals surface area contributed by atoms with Crippen LogP contribution in [-0.4, -0.2) is 25.0 Å². The molecular formula is C16H13ClN4O3S. The number of carbonyl (C=O) groups excluding carboxylic acids is 1. The summed E-state index contributed by atoms with van der Waals surface area (Å²) in [5, 5.41) is 15.2. The molecule has 3 aromatic rings. The minimum absolute atomic E-state index is 0.00214. The summed E-state index contributed by atoms with van der Waals surface area (Å²) in [5.41, 5.74) is 2.75. The molecule has 0 saturated carbocycles. The van der Waals surface area contributed by atoms with E-state index in [4.69, 9.17) is 16.7 Å². The van der Waals surface area contributed by atoms with Gasteiger partial charge in [-0.25, -0.2) is 13.6 Å². The van der Waals surface area contributed by atoms with Gasteiger partial charge in [-0.2, -0.15) is 5.10 Å². The highest BCUT2D eigenvalue weighted by atomic mass is 35.5. The van der Waals surface area contributed by atoms with Crippen LogP contribution in [0, 0.1) is 0 Å². The van der Waals surface area contributed by atoms with Crippen molar-refractivity contribution in [2.75, 3.05) is 5.32 Å². The lowest BCUT2D eigenvalue weighted by atomic mass is 10.0. The highest BCUT2D eigenvalue weighted by molar-refractivity contribution is 7.89. The third kappa shape index (κ3) is 3.55. The van der Waals surface area contributed by atoms with Crippen molar-refractivity contribution >= 4 is 33.9 Å². The minimum atomic E-state index is -3.79. The number of H-pyrrole nitrogens is 1. The lowest BCUT2D eigenvalue weighted by Gasteiger charge is -2.07. The number of hydrogen-bond acceptors (Lipinski definition) is 4. The largest absolute Gasteiger partial charge is 0.311 e. The molecule has 0 aliphatic carbocycles. The summed E-state index contributed by atoms with van der Waals surface area (Å²) in [4.78, 5) is 10.9. The van der Waals surface area contributed by atoms with E-state index in [9.17, 15) is 13.2 Å². The molecule has 7 nitrogen and oxygen atoms in total. The van der Waals surface area contributed by atoms with Crippen LogP contribution in [0.5, 0.6) is 0 Å². The molecule has 1 aromatic heterocycles. The smallest absolute Gasteiger partial charge is 0.238 e. The number of anilines is 1. The summed E-state index contributed by atoms with van der Waals surface area (Å²) < 4.78 is 22.8. The average Bonchev–Trinajstić information content (AvgIpc) is 2.99. The molecule has 0 aliphatic rings. The fraction of sp³-hybridized carbons (Fsp3) is 0. The third-order valence-electron chi connectivity index (χ3n) is 3.57. The summed E-state index contributed by atoms with van der Waals surface area (Å²) in [6.45, 7) is 0. The van der Waals surface area contributed by atoms with Gasteiger partial charge in [0.1, 0.15) is 0 Å². The van der Waals surface area contributed by atoms with Gasteiger partial charge in [0.25, 0.3) is 0 Å². The predicted octanol–water partition coefficient (Wildman–Crippen LogP) is 2.61. The number of aromatic amines is 1. The number of nitrogens with two attached hydrogens (primary N) is 1. The van der Waals surface area contributed by atoms with Gasteiger partial charge in [0, 0.05) is 10.6 Å². The molecule has 3 rings (SSSR count). The SMILES string of the molecule is NS(=O)(=O)c1ccc(-c2c(NC=O)n[nH]c2-c2ccc(Cl)cc2)cc1. The van der Waals surface area contributed by atoms with Crippen molar-refractivity contribution in [1.82, 2.24) is 10.2 Å². The maximum Gasteiger partial charge on any atom is 0.238 e. The molecule has 0 bridgehead atoms. The first-order valence-corrected chi connectivity index (χ1v) is 9.00. The van der Waals surface area contributed by atoms with Gasteiger partial charge in [-0.15, -0.1) is 0 Å². The van der Waals surface area contributed by atoms with Crippen LogP contribution in [0.4, 0.5) is 5.82 Å². The first-order valence-electron chi connectivity index (χ1n) is 7.08. The maximum absolute atomic E-state index is 11.4. The van der Waals surface area contributed by atoms with Gasteiger partial charge in [0.05, 0.1) is 16.2 Å². The molecule has 4 N–H and O–H groups in total. The summed E-state index contributed by atoms with van der Waals surface area (Å²) in [6.07, 6.45) is 0.518. The first-order chi connectivity index (χ1) is 11.9. The Balaban J connectivity index is 2.14. The summed E-state index contributed by atoms with van der Waals surface area (Å²) in [5.74, 6) is 0.323. The Labute approximate surface area is 148 Å². The molecule has 0 aliphatic heterocycles. The molecule has 25 heavy (non-hydrogen) atoms. The maximum atomic E-state index is 11.4. The van der Waals surface area contributed by atoms with Crippen LogP contribution >= 0.6 is 11.6 Å². The Kier molecular flexibility index (Phi) is 4.58. The van der Waals surface area contributed by atoms with Crippen LogP contribution in [0.15, 0.2) is 53.4 Å². The van der Waals surface area contributed by atoms with Gasteiger partial charge in [-0.05, 0) is 29.8 Å². The fourth-order valence-electron chi connectivity index (χ4n) is 2.42. The molecule has 9 heteroatoms. The molecule has 128 valence electrons. The monoisotopic (exact) mass is 376 g/mol. The fourth-order valence-corrected chi connectivity index (χ4v) is 3.06. The summed E-state index contributed by atoms with van der Waals surface area (Å²) in [7, 11) is -3.79. The van der Waals surface area contributed by atoms with Gasteiger partial charge in [0.15, 0.2) is 5.82 Å². The van der Waals surface area contributed by atoms with Crippen molar-refractivity contribution in [3.63, 3.8) is 0 Å². The van der Waals surface area contributed by atoms with E-state index < -0.39 is 10.0 Å². The van der Waals surface area contributed by atoms with E-state index >= 15 is 0 Å². The predicted molar refractivity (Wildman–Crippen MR) is 95.5 cm³/mol. The van der Waals surface area contributed by atoms with Gasteiger partial charge in [-0.1, -0.05) is 35.9 Å². The molecule has 0 unspecified atom stereocenters. The number of halogens is 1. The number of aromatic nitrogens is 2. The zero-order valence-corrected chi connectivity index (χ0v) is 14.3. The quantitative estimate of drug-likeness (QED) is 0.593. The third-order valence-corrected chi connectivity index (χ3v) is 4.75. The van der Waals surface area contributed by atoms with E-state index in [0.29, 0.717) is 34.1 Å². The second kappa shape index (κ2) is 6.67. The van der Waals surface area contributed by atoms with E-state index in [2.05, 4.69) is 15.5 Å². The Bertz CT molecular complexity index is 1010. The summed E-state index contributed by atoms with van der Waals surface area (Å²) in [6, 6.07) is 13.1. The molecule has 0 spiro atoms. The number of sulfonamides is 1. The zero-order chi connectivity index (χ0) is 18.0. The molecular weight excluding hydrogens is 364 g/mol. The van der Waals surface area contributed by atoms with Gasteiger partial charge in [-0.3, -0.25) is 9.89 Å². The van der Waals surface area contributed by atoms with E-state index in [1.165, 1.54) is 12.1 Å². The van der Waals surface area contributed by atoms with E-state index in [0.717, 1.165) is 5.56 Å². The van der Waals surface area contributed by atoms with E-state index in [1.54, 1.807) is 24.3 Å². The number of benzene rings is 2. The van der Waals surface area contributed by atoms with Crippen LogP contribution < -0.4 is 10.5 Å². The van der Waals surface area contributed by atoms with Crippen molar-refractivity contribution in [1.29, 1.82) is 0 Å². The van der Waals surface area contributed by atoms with Crippen LogP contribution in [0.2, 0.25) is 5.02 Å². The average molecular weight is 377 g/mol. The van der Waals surface area contributed by atoms with Crippen LogP contribution in [0.1, 0.15) is 0 Å². The first kappa shape index (κ1) is 17.2. The molecule has 0 saturated heterocycles. The Morgan fingerprint density at radius 3 is 2.20 bits per heavy atom. The topological polar surface area (TPSA) is 118 Å². The Morgan fingerprint density at radius 1 is 1.04 bits per heavy atom. The Hall–Kier alpha value is -2.68. The lowest BCUT2D eigenvalue weighted by molar-refractivity contribution is -0.105. The van der Waals surface area contributed by atoms with E-state index in [-0.39, 0.29) is 4.90 Å². The number of primary sulfonamides is 1. The van der Waals surface area contributed by atoms with Crippen molar-refractivity contribution in [2.45, 2.75) is 4.90 Å². The number of nitrogens with one attached hydrogen (secondary N) is 2. The van der Waals surface area contributed by atoms with Gasteiger partial charge in [0.2, 0.25) is 16.4 Å². The van der Waals surface area contributed by atoms with Crippen LogP contribution in [0.3, 0.4) is 0 Å². The molecule has 2 aromatic carbocycles. The van der Waals surface area contributed by atoms with Gasteiger partial charge >= 0.3 is 0 Å². The number of rotatable bonds is 5. The molecule has 0 radical (unpaired) electrons. The normalized spacial score (nSPS) is 11.3. The van der Waals surface area contributed by atoms with Crippen molar-refractivity contribution < 1.29 is 13.2 Å². The van der Waals surface area contributed by atoms with Crippen LogP contribution in [0.25, 0.3) is 22.4 Å². The van der Waals surface area contributed by atoms with Crippen LogP contribution in [-0.2, 0) is 14.8 Å². The molecule has 1 heterocycles. The van der Waals surface area contributed by atoms with Crippen molar-refractivity contribution in [2.24, 2.45) is 5.14 Å².